The van der Waals surface area contributed by atoms with Crippen molar-refractivity contribution in [1.29, 1.82) is 0 Å². The number of hydrogen-bond donors (Lipinski definition) is 1. The topological polar surface area (TPSA) is 15.3 Å². The molecule has 1 N–H and O–H groups in total. The van der Waals surface area contributed by atoms with Crippen molar-refractivity contribution in [1.82, 2.24) is 5.32 Å². The lowest BCUT2D eigenvalue weighted by Gasteiger charge is -2.23. The molecule has 108 valence electrons. The monoisotopic (exact) mass is 282 g/mol. The van der Waals surface area contributed by atoms with Crippen molar-refractivity contribution in [3.8, 4) is 0 Å². The lowest BCUT2D eigenvalue weighted by atomic mass is 10.1. The third kappa shape index (κ3) is 5.42. The van der Waals surface area contributed by atoms with Gasteiger partial charge in [-0.15, -0.1) is 0 Å². The quantitative estimate of drug-likeness (QED) is 0.801. The van der Waals surface area contributed by atoms with E-state index in [9.17, 15) is 0 Å². The minimum atomic E-state index is 0.476. The Hall–Kier alpha value is -0.730. The Morgan fingerprint density at radius 3 is 2.47 bits per heavy atom. The second-order valence-corrected chi connectivity index (χ2v) is 6.11. The molecule has 0 saturated carbocycles. The first-order valence-corrected chi connectivity index (χ1v) is 7.54. The summed E-state index contributed by atoms with van der Waals surface area (Å²) in [6, 6.07) is 6.83. The fourth-order valence-electron chi connectivity index (χ4n) is 1.93. The highest BCUT2D eigenvalue weighted by atomic mass is 35.5. The van der Waals surface area contributed by atoms with E-state index in [-0.39, 0.29) is 0 Å². The van der Waals surface area contributed by atoms with E-state index < -0.39 is 0 Å². The van der Waals surface area contributed by atoms with E-state index in [0.29, 0.717) is 12.0 Å². The van der Waals surface area contributed by atoms with E-state index in [4.69, 9.17) is 11.6 Å². The molecule has 0 radical (unpaired) electrons. The molecule has 1 aromatic rings. The molecule has 1 aromatic carbocycles. The third-order valence-corrected chi connectivity index (χ3v) is 3.81. The Bertz CT molecular complexity index is 390. The van der Waals surface area contributed by atoms with E-state index in [2.05, 4.69) is 63.2 Å². The molecular formula is C16H27ClN2. The first-order valence-electron chi connectivity index (χ1n) is 7.17. The fraction of sp³-hybridized carbons (Fsp3) is 0.625. The van der Waals surface area contributed by atoms with Crippen LogP contribution in [-0.2, 0) is 6.54 Å². The molecule has 1 atom stereocenters. The maximum absolute atomic E-state index is 6.36. The van der Waals surface area contributed by atoms with Crippen molar-refractivity contribution in [3.05, 3.63) is 28.8 Å². The number of anilines is 1. The predicted octanol–water partition coefficient (Wildman–Crippen LogP) is 4.32. The van der Waals surface area contributed by atoms with Gasteiger partial charge in [0.05, 0.1) is 0 Å². The normalized spacial score (nSPS) is 12.8. The van der Waals surface area contributed by atoms with E-state index in [1.54, 1.807) is 0 Å². The number of nitrogens with zero attached hydrogens (tertiary/aromatic N) is 1. The van der Waals surface area contributed by atoms with Crippen LogP contribution < -0.4 is 10.2 Å². The Labute approximate surface area is 123 Å². The standard InChI is InChI=1S/C16H27ClN2/c1-6-13(4)11-19(5)15-8-7-14(16(17)9-15)10-18-12(2)3/h7-9,12-13,18H,6,10-11H2,1-5H3. The summed E-state index contributed by atoms with van der Waals surface area (Å²) in [5.41, 5.74) is 2.36. The SMILES string of the molecule is CCC(C)CN(C)c1ccc(CNC(C)C)c(Cl)c1. The van der Waals surface area contributed by atoms with Crippen molar-refractivity contribution >= 4 is 17.3 Å². The zero-order chi connectivity index (χ0) is 14.4. The number of rotatable bonds is 7. The van der Waals surface area contributed by atoms with Crippen LogP contribution in [0.3, 0.4) is 0 Å². The van der Waals surface area contributed by atoms with Crippen molar-refractivity contribution in [2.24, 2.45) is 5.92 Å². The molecular weight excluding hydrogens is 256 g/mol. The smallest absolute Gasteiger partial charge is 0.0471 e. The summed E-state index contributed by atoms with van der Waals surface area (Å²) in [7, 11) is 2.13. The third-order valence-electron chi connectivity index (χ3n) is 3.46. The molecule has 3 heteroatoms. The van der Waals surface area contributed by atoms with Gasteiger partial charge < -0.3 is 10.2 Å². The van der Waals surface area contributed by atoms with Gasteiger partial charge in [-0.05, 0) is 23.6 Å². The van der Waals surface area contributed by atoms with Gasteiger partial charge in [0.1, 0.15) is 0 Å². The van der Waals surface area contributed by atoms with Gasteiger partial charge >= 0.3 is 0 Å². The van der Waals surface area contributed by atoms with Crippen LogP contribution in [0.15, 0.2) is 18.2 Å². The summed E-state index contributed by atoms with van der Waals surface area (Å²) in [6.45, 7) is 10.7. The van der Waals surface area contributed by atoms with Crippen molar-refractivity contribution < 1.29 is 0 Å². The van der Waals surface area contributed by atoms with Gasteiger partial charge in [-0.25, -0.2) is 0 Å². The largest absolute Gasteiger partial charge is 0.374 e. The molecule has 1 rings (SSSR count). The van der Waals surface area contributed by atoms with Crippen LogP contribution in [0.2, 0.25) is 5.02 Å². The van der Waals surface area contributed by atoms with Gasteiger partial charge in [0.15, 0.2) is 0 Å². The number of benzene rings is 1. The highest BCUT2D eigenvalue weighted by Crippen LogP contribution is 2.24. The zero-order valence-corrected chi connectivity index (χ0v) is 13.6. The van der Waals surface area contributed by atoms with Gasteiger partial charge in [0.2, 0.25) is 0 Å². The highest BCUT2D eigenvalue weighted by Gasteiger charge is 2.08. The van der Waals surface area contributed by atoms with E-state index >= 15 is 0 Å². The van der Waals surface area contributed by atoms with Crippen molar-refractivity contribution in [3.63, 3.8) is 0 Å². The lowest BCUT2D eigenvalue weighted by molar-refractivity contribution is 0.559. The summed E-state index contributed by atoms with van der Waals surface area (Å²) in [5.74, 6) is 0.700. The molecule has 0 saturated heterocycles. The molecule has 0 bridgehead atoms. The lowest BCUT2D eigenvalue weighted by Crippen LogP contribution is -2.24. The van der Waals surface area contributed by atoms with Crippen molar-refractivity contribution in [2.75, 3.05) is 18.5 Å². The van der Waals surface area contributed by atoms with Crippen LogP contribution >= 0.6 is 11.6 Å². The molecule has 0 aliphatic carbocycles. The Kier molecular flexibility index (Phi) is 6.67. The van der Waals surface area contributed by atoms with Gasteiger partial charge in [-0.1, -0.05) is 51.8 Å². The molecule has 0 fully saturated rings. The van der Waals surface area contributed by atoms with Crippen LogP contribution in [0, 0.1) is 5.92 Å². The van der Waals surface area contributed by atoms with Crippen LogP contribution in [-0.4, -0.2) is 19.6 Å². The average molecular weight is 283 g/mol. The summed E-state index contributed by atoms with van der Waals surface area (Å²) in [6.07, 6.45) is 1.20. The Morgan fingerprint density at radius 1 is 1.26 bits per heavy atom. The molecule has 2 nitrogen and oxygen atoms in total. The van der Waals surface area contributed by atoms with Gasteiger partial charge in [-0.3, -0.25) is 0 Å². The summed E-state index contributed by atoms with van der Waals surface area (Å²) < 4.78 is 0. The number of hydrogen-bond acceptors (Lipinski definition) is 2. The number of nitrogens with one attached hydrogen (secondary N) is 1. The van der Waals surface area contributed by atoms with Crippen LogP contribution in [0.4, 0.5) is 5.69 Å². The minimum absolute atomic E-state index is 0.476. The average Bonchev–Trinajstić information content (AvgIpc) is 2.36. The Morgan fingerprint density at radius 2 is 1.95 bits per heavy atom. The zero-order valence-electron chi connectivity index (χ0n) is 12.8. The molecule has 0 spiro atoms. The second-order valence-electron chi connectivity index (χ2n) is 5.71. The highest BCUT2D eigenvalue weighted by molar-refractivity contribution is 6.31. The summed E-state index contributed by atoms with van der Waals surface area (Å²) in [4.78, 5) is 2.28. The molecule has 1 unspecified atom stereocenters. The van der Waals surface area contributed by atoms with Crippen LogP contribution in [0.1, 0.15) is 39.7 Å². The van der Waals surface area contributed by atoms with E-state index in [1.165, 1.54) is 12.1 Å². The number of halogens is 1. The van der Waals surface area contributed by atoms with Crippen LogP contribution in [0.25, 0.3) is 0 Å². The fourth-order valence-corrected chi connectivity index (χ4v) is 2.17. The first-order chi connectivity index (χ1) is 8.93. The Balaban J connectivity index is 2.70. The van der Waals surface area contributed by atoms with Gasteiger partial charge in [0, 0.05) is 36.9 Å². The molecule has 19 heavy (non-hydrogen) atoms. The van der Waals surface area contributed by atoms with Crippen molar-refractivity contribution in [2.45, 2.75) is 46.7 Å². The predicted molar refractivity (Wildman–Crippen MR) is 86.2 cm³/mol. The van der Waals surface area contributed by atoms with Gasteiger partial charge in [-0.2, -0.15) is 0 Å². The molecule has 0 amide bonds. The maximum atomic E-state index is 6.36. The summed E-state index contributed by atoms with van der Waals surface area (Å²) in [5, 5.41) is 4.24. The maximum Gasteiger partial charge on any atom is 0.0471 e. The van der Waals surface area contributed by atoms with Crippen LogP contribution in [0.5, 0.6) is 0 Å². The summed E-state index contributed by atoms with van der Waals surface area (Å²) >= 11 is 6.36. The molecule has 0 heterocycles. The second kappa shape index (κ2) is 7.76. The molecule has 0 aliphatic heterocycles. The first kappa shape index (κ1) is 16.3. The van der Waals surface area contributed by atoms with E-state index in [0.717, 1.165) is 23.7 Å². The van der Waals surface area contributed by atoms with Gasteiger partial charge in [0.25, 0.3) is 0 Å². The van der Waals surface area contributed by atoms with E-state index in [1.807, 2.05) is 0 Å². The molecule has 0 aliphatic rings. The molecule has 0 aromatic heterocycles. The minimum Gasteiger partial charge on any atom is -0.374 e.